The van der Waals surface area contributed by atoms with Gasteiger partial charge in [0.05, 0.1) is 5.51 Å². The third kappa shape index (κ3) is 3.03. The van der Waals surface area contributed by atoms with E-state index in [1.54, 1.807) is 18.4 Å². The molecule has 0 aliphatic heterocycles. The molecule has 1 aromatic rings. The van der Waals surface area contributed by atoms with Crippen LogP contribution in [0.3, 0.4) is 0 Å². The van der Waals surface area contributed by atoms with Crippen LogP contribution in [0.15, 0.2) is 11.7 Å². The molecule has 0 unspecified atom stereocenters. The molecule has 0 aromatic carbocycles. The molecule has 1 fully saturated rings. The first kappa shape index (κ1) is 12.0. The zero-order chi connectivity index (χ0) is 11.3. The van der Waals surface area contributed by atoms with Crippen molar-refractivity contribution in [3.63, 3.8) is 0 Å². The van der Waals surface area contributed by atoms with Crippen molar-refractivity contribution in [2.75, 3.05) is 20.3 Å². The summed E-state index contributed by atoms with van der Waals surface area (Å²) < 4.78 is 5.19. The fraction of sp³-hybridized carbons (Fsp3) is 0.750. The van der Waals surface area contributed by atoms with Crippen LogP contribution in [0.5, 0.6) is 0 Å². The molecule has 0 radical (unpaired) electrons. The summed E-state index contributed by atoms with van der Waals surface area (Å²) in [7, 11) is 1.79. The van der Waals surface area contributed by atoms with E-state index in [2.05, 4.69) is 10.3 Å². The second-order valence-electron chi connectivity index (χ2n) is 4.67. The molecule has 1 aromatic heterocycles. The van der Waals surface area contributed by atoms with Crippen LogP contribution in [0, 0.1) is 5.41 Å². The molecule has 2 rings (SSSR count). The Balaban J connectivity index is 1.70. The fourth-order valence-electron chi connectivity index (χ4n) is 2.29. The van der Waals surface area contributed by atoms with E-state index in [0.29, 0.717) is 5.41 Å². The summed E-state index contributed by atoms with van der Waals surface area (Å²) in [4.78, 5) is 5.40. The minimum atomic E-state index is 0.515. The summed E-state index contributed by atoms with van der Waals surface area (Å²) in [5.74, 6) is 0. The molecule has 1 saturated carbocycles. The third-order valence-corrected chi connectivity index (χ3v) is 4.31. The Kier molecular flexibility index (Phi) is 4.32. The number of hydrogen-bond acceptors (Lipinski definition) is 4. The molecule has 0 atom stereocenters. The van der Waals surface area contributed by atoms with E-state index in [9.17, 15) is 0 Å². The molecule has 3 nitrogen and oxygen atoms in total. The average Bonchev–Trinajstić information content (AvgIpc) is 2.73. The number of nitrogens with zero attached hydrogens (tertiary/aromatic N) is 1. The third-order valence-electron chi connectivity index (χ3n) is 3.53. The van der Waals surface area contributed by atoms with Gasteiger partial charge in [-0.2, -0.15) is 0 Å². The van der Waals surface area contributed by atoms with E-state index < -0.39 is 0 Å². The Morgan fingerprint density at radius 1 is 1.56 bits per heavy atom. The maximum atomic E-state index is 5.19. The van der Waals surface area contributed by atoms with Gasteiger partial charge in [-0.25, -0.2) is 0 Å². The van der Waals surface area contributed by atoms with Crippen molar-refractivity contribution < 1.29 is 4.74 Å². The van der Waals surface area contributed by atoms with Crippen molar-refractivity contribution in [3.05, 3.63) is 16.6 Å². The van der Waals surface area contributed by atoms with Gasteiger partial charge < -0.3 is 10.1 Å². The van der Waals surface area contributed by atoms with Crippen molar-refractivity contribution >= 4 is 11.3 Å². The zero-order valence-electron chi connectivity index (χ0n) is 9.87. The Morgan fingerprint density at radius 2 is 2.44 bits per heavy atom. The lowest BCUT2D eigenvalue weighted by Gasteiger charge is -2.42. The van der Waals surface area contributed by atoms with Crippen molar-refractivity contribution in [3.8, 4) is 0 Å². The largest absolute Gasteiger partial charge is 0.385 e. The van der Waals surface area contributed by atoms with Gasteiger partial charge in [-0.15, -0.1) is 11.3 Å². The van der Waals surface area contributed by atoms with Gasteiger partial charge >= 0.3 is 0 Å². The van der Waals surface area contributed by atoms with Gasteiger partial charge in [-0.05, 0) is 24.7 Å². The predicted octanol–water partition coefficient (Wildman–Crippen LogP) is 2.44. The molecule has 90 valence electrons. The van der Waals surface area contributed by atoms with Gasteiger partial charge in [-0.3, -0.25) is 4.98 Å². The molecule has 1 aliphatic carbocycles. The average molecular weight is 240 g/mol. The van der Waals surface area contributed by atoms with Crippen LogP contribution in [-0.2, 0) is 11.3 Å². The Labute approximate surface area is 101 Å². The van der Waals surface area contributed by atoms with Crippen LogP contribution in [0.1, 0.15) is 30.6 Å². The minimum Gasteiger partial charge on any atom is -0.385 e. The topological polar surface area (TPSA) is 34.1 Å². The number of methoxy groups -OCH3 is 1. The highest BCUT2D eigenvalue weighted by Gasteiger charge is 2.35. The highest BCUT2D eigenvalue weighted by Crippen LogP contribution is 2.43. The minimum absolute atomic E-state index is 0.515. The molecule has 4 heteroatoms. The maximum Gasteiger partial charge on any atom is 0.0794 e. The van der Waals surface area contributed by atoms with E-state index >= 15 is 0 Å². The summed E-state index contributed by atoms with van der Waals surface area (Å²) in [5, 5.41) is 3.55. The van der Waals surface area contributed by atoms with E-state index in [1.165, 1.54) is 30.6 Å². The Hall–Kier alpha value is -0.450. The van der Waals surface area contributed by atoms with Crippen LogP contribution in [0.25, 0.3) is 0 Å². The second kappa shape index (κ2) is 5.75. The van der Waals surface area contributed by atoms with Crippen molar-refractivity contribution in [1.82, 2.24) is 10.3 Å². The molecule has 0 amide bonds. The molecule has 1 heterocycles. The molecular weight excluding hydrogens is 220 g/mol. The predicted molar refractivity (Wildman–Crippen MR) is 66.6 cm³/mol. The summed E-state index contributed by atoms with van der Waals surface area (Å²) in [5.41, 5.74) is 2.40. The molecule has 16 heavy (non-hydrogen) atoms. The van der Waals surface area contributed by atoms with E-state index in [0.717, 1.165) is 19.7 Å². The first-order valence-electron chi connectivity index (χ1n) is 5.92. The van der Waals surface area contributed by atoms with Gasteiger partial charge in [0.2, 0.25) is 0 Å². The summed E-state index contributed by atoms with van der Waals surface area (Å²) in [6.45, 7) is 2.97. The summed E-state index contributed by atoms with van der Waals surface area (Å²) in [6.07, 6.45) is 7.23. The zero-order valence-corrected chi connectivity index (χ0v) is 10.7. The van der Waals surface area contributed by atoms with E-state index in [4.69, 9.17) is 4.74 Å². The number of hydrogen-bond donors (Lipinski definition) is 1. The number of aromatic nitrogens is 1. The highest BCUT2D eigenvalue weighted by molar-refractivity contribution is 7.09. The standard InChI is InChI=1S/C12H20N2OS/c1-15-6-5-12(3-2-4-12)9-13-7-11-8-14-10-16-11/h8,10,13H,2-7,9H2,1H3. The Bertz CT molecular complexity index is 296. The van der Waals surface area contributed by atoms with Crippen LogP contribution in [-0.4, -0.2) is 25.2 Å². The first-order valence-corrected chi connectivity index (χ1v) is 6.80. The monoisotopic (exact) mass is 240 g/mol. The van der Waals surface area contributed by atoms with Gasteiger partial charge in [0.15, 0.2) is 0 Å². The SMILES string of the molecule is COCCC1(CNCc2cncs2)CCC1. The number of nitrogens with one attached hydrogen (secondary N) is 1. The smallest absolute Gasteiger partial charge is 0.0794 e. The summed E-state index contributed by atoms with van der Waals surface area (Å²) >= 11 is 1.72. The lowest BCUT2D eigenvalue weighted by Crippen LogP contribution is -2.40. The maximum absolute atomic E-state index is 5.19. The number of rotatable bonds is 7. The van der Waals surface area contributed by atoms with Gasteiger partial charge in [0.1, 0.15) is 0 Å². The van der Waals surface area contributed by atoms with Gasteiger partial charge in [-0.1, -0.05) is 6.42 Å². The molecule has 1 N–H and O–H groups in total. The lowest BCUT2D eigenvalue weighted by molar-refractivity contribution is 0.0690. The molecule has 0 spiro atoms. The van der Waals surface area contributed by atoms with Crippen molar-refractivity contribution in [2.45, 2.75) is 32.2 Å². The van der Waals surface area contributed by atoms with Crippen LogP contribution >= 0.6 is 11.3 Å². The quantitative estimate of drug-likeness (QED) is 0.795. The molecule has 1 aliphatic rings. The lowest BCUT2D eigenvalue weighted by atomic mass is 9.67. The number of ether oxygens (including phenoxy) is 1. The highest BCUT2D eigenvalue weighted by atomic mass is 32.1. The van der Waals surface area contributed by atoms with Crippen molar-refractivity contribution in [2.24, 2.45) is 5.41 Å². The van der Waals surface area contributed by atoms with Crippen LogP contribution < -0.4 is 5.32 Å². The molecule has 0 saturated heterocycles. The van der Waals surface area contributed by atoms with Crippen LogP contribution in [0.4, 0.5) is 0 Å². The molecule has 0 bridgehead atoms. The second-order valence-corrected chi connectivity index (χ2v) is 5.64. The molecular formula is C12H20N2OS. The van der Waals surface area contributed by atoms with Gasteiger partial charge in [0, 0.05) is 37.9 Å². The fourth-order valence-corrected chi connectivity index (χ4v) is 2.86. The normalized spacial score (nSPS) is 18.3. The van der Waals surface area contributed by atoms with E-state index in [1.807, 2.05) is 11.7 Å². The van der Waals surface area contributed by atoms with Gasteiger partial charge in [0.25, 0.3) is 0 Å². The summed E-state index contributed by atoms with van der Waals surface area (Å²) in [6, 6.07) is 0. The van der Waals surface area contributed by atoms with Crippen molar-refractivity contribution in [1.29, 1.82) is 0 Å². The first-order chi connectivity index (χ1) is 7.85. The van der Waals surface area contributed by atoms with Crippen LogP contribution in [0.2, 0.25) is 0 Å². The number of thiazole rings is 1. The van der Waals surface area contributed by atoms with E-state index in [-0.39, 0.29) is 0 Å². The Morgan fingerprint density at radius 3 is 3.00 bits per heavy atom.